The molecule has 1 unspecified atom stereocenters. The molecule has 82 valence electrons. The van der Waals surface area contributed by atoms with Crippen LogP contribution in [-0.2, 0) is 9.59 Å². The van der Waals surface area contributed by atoms with Crippen LogP contribution in [0.25, 0.3) is 0 Å². The second-order valence-corrected chi connectivity index (χ2v) is 3.16. The molecule has 3 N–H and O–H groups in total. The van der Waals surface area contributed by atoms with Crippen LogP contribution in [0.3, 0.4) is 0 Å². The molecule has 0 saturated carbocycles. The van der Waals surface area contributed by atoms with Crippen molar-refractivity contribution in [2.75, 3.05) is 13.1 Å². The first-order chi connectivity index (χ1) is 6.56. The molecular formula is C9H18N2O3. The molecule has 0 radical (unpaired) electrons. The van der Waals surface area contributed by atoms with Crippen molar-refractivity contribution in [2.45, 2.75) is 32.8 Å². The van der Waals surface area contributed by atoms with Gasteiger partial charge in [0.15, 0.2) is 0 Å². The van der Waals surface area contributed by atoms with Gasteiger partial charge < -0.3 is 15.7 Å². The van der Waals surface area contributed by atoms with Crippen molar-refractivity contribution in [3.8, 4) is 0 Å². The monoisotopic (exact) mass is 202 g/mol. The minimum Gasteiger partial charge on any atom is -0.391 e. The summed E-state index contributed by atoms with van der Waals surface area (Å²) in [5, 5.41) is 14.2. The Labute approximate surface area is 83.9 Å². The van der Waals surface area contributed by atoms with Gasteiger partial charge in [0, 0.05) is 13.5 Å². The molecule has 0 bridgehead atoms. The number of rotatable bonds is 6. The fourth-order valence-corrected chi connectivity index (χ4v) is 0.934. The molecule has 0 aromatic carbocycles. The van der Waals surface area contributed by atoms with E-state index in [1.807, 2.05) is 6.92 Å². The van der Waals surface area contributed by atoms with Gasteiger partial charge in [-0.3, -0.25) is 9.59 Å². The van der Waals surface area contributed by atoms with Crippen LogP contribution in [0.2, 0.25) is 0 Å². The lowest BCUT2D eigenvalue weighted by atomic mass is 10.2. The zero-order chi connectivity index (χ0) is 11.0. The number of aliphatic hydroxyl groups is 1. The highest BCUT2D eigenvalue weighted by molar-refractivity contribution is 5.83. The maximum atomic E-state index is 11.0. The van der Waals surface area contributed by atoms with Gasteiger partial charge in [-0.05, 0) is 6.42 Å². The van der Waals surface area contributed by atoms with E-state index in [0.717, 1.165) is 6.42 Å². The topological polar surface area (TPSA) is 78.4 Å². The van der Waals surface area contributed by atoms with E-state index in [1.165, 1.54) is 6.92 Å². The minimum atomic E-state index is -0.499. The van der Waals surface area contributed by atoms with Crippen LogP contribution in [-0.4, -0.2) is 36.1 Å². The second-order valence-electron chi connectivity index (χ2n) is 3.16. The summed E-state index contributed by atoms with van der Waals surface area (Å²) < 4.78 is 0. The van der Waals surface area contributed by atoms with E-state index in [2.05, 4.69) is 10.6 Å². The first-order valence-corrected chi connectivity index (χ1v) is 4.75. The molecular weight excluding hydrogens is 184 g/mol. The molecule has 0 aromatic heterocycles. The van der Waals surface area contributed by atoms with Gasteiger partial charge in [-0.25, -0.2) is 0 Å². The number of carbonyl (C=O) groups excluding carboxylic acids is 2. The van der Waals surface area contributed by atoms with E-state index in [-0.39, 0.29) is 24.9 Å². The van der Waals surface area contributed by atoms with Crippen LogP contribution in [0.4, 0.5) is 0 Å². The van der Waals surface area contributed by atoms with E-state index in [0.29, 0.717) is 6.42 Å². The van der Waals surface area contributed by atoms with Gasteiger partial charge in [0.25, 0.3) is 0 Å². The van der Waals surface area contributed by atoms with Gasteiger partial charge in [0.05, 0.1) is 12.6 Å². The number of hydrogen-bond donors (Lipinski definition) is 3. The summed E-state index contributed by atoms with van der Waals surface area (Å²) in [6, 6.07) is 0. The number of amides is 2. The summed E-state index contributed by atoms with van der Waals surface area (Å²) in [6.45, 7) is 3.52. The van der Waals surface area contributed by atoms with E-state index in [1.54, 1.807) is 0 Å². The summed E-state index contributed by atoms with van der Waals surface area (Å²) in [7, 11) is 0. The highest BCUT2D eigenvalue weighted by Crippen LogP contribution is 1.93. The third-order valence-corrected chi connectivity index (χ3v) is 1.65. The van der Waals surface area contributed by atoms with Crippen molar-refractivity contribution in [1.29, 1.82) is 0 Å². The largest absolute Gasteiger partial charge is 0.391 e. The molecule has 0 fully saturated rings. The van der Waals surface area contributed by atoms with Gasteiger partial charge in [-0.2, -0.15) is 0 Å². The normalized spacial score (nSPS) is 11.9. The number of hydrogen-bond acceptors (Lipinski definition) is 3. The Morgan fingerprint density at radius 2 is 2.00 bits per heavy atom. The minimum absolute atomic E-state index is 0.0336. The molecule has 5 nitrogen and oxygen atoms in total. The molecule has 0 saturated heterocycles. The molecule has 0 spiro atoms. The maximum Gasteiger partial charge on any atom is 0.239 e. The standard InChI is InChI=1S/C9H18N2O3/c1-3-4-8(13)5-11-9(14)6-10-7(2)12/h8,13H,3-6H2,1-2H3,(H,10,12)(H,11,14). The zero-order valence-electron chi connectivity index (χ0n) is 8.67. The van der Waals surface area contributed by atoms with E-state index >= 15 is 0 Å². The summed E-state index contributed by atoms with van der Waals surface area (Å²) in [4.78, 5) is 21.5. The molecule has 0 aliphatic heterocycles. The molecule has 2 amide bonds. The highest BCUT2D eigenvalue weighted by atomic mass is 16.3. The van der Waals surface area contributed by atoms with Crippen molar-refractivity contribution in [2.24, 2.45) is 0 Å². The second kappa shape index (κ2) is 7.32. The highest BCUT2D eigenvalue weighted by Gasteiger charge is 2.05. The molecule has 14 heavy (non-hydrogen) atoms. The first-order valence-electron chi connectivity index (χ1n) is 4.75. The smallest absolute Gasteiger partial charge is 0.239 e. The quantitative estimate of drug-likeness (QED) is 0.538. The summed E-state index contributed by atoms with van der Waals surface area (Å²) in [5.74, 6) is -0.524. The van der Waals surface area contributed by atoms with Crippen LogP contribution >= 0.6 is 0 Å². The Morgan fingerprint density at radius 3 is 2.50 bits per heavy atom. The molecule has 5 heteroatoms. The third-order valence-electron chi connectivity index (χ3n) is 1.65. The van der Waals surface area contributed by atoms with Crippen molar-refractivity contribution in [1.82, 2.24) is 10.6 Å². The van der Waals surface area contributed by atoms with Crippen LogP contribution in [0.1, 0.15) is 26.7 Å². The summed E-state index contributed by atoms with van der Waals surface area (Å²) in [6.07, 6.45) is 1.05. The third kappa shape index (κ3) is 7.54. The lowest BCUT2D eigenvalue weighted by molar-refractivity contribution is -0.125. The predicted molar refractivity (Wildman–Crippen MR) is 52.6 cm³/mol. The zero-order valence-corrected chi connectivity index (χ0v) is 8.67. The SMILES string of the molecule is CCCC(O)CNC(=O)CNC(C)=O. The van der Waals surface area contributed by atoms with E-state index in [9.17, 15) is 14.7 Å². The Bertz CT molecular complexity index is 194. The molecule has 0 aromatic rings. The van der Waals surface area contributed by atoms with Crippen LogP contribution in [0.5, 0.6) is 0 Å². The fraction of sp³-hybridized carbons (Fsp3) is 0.778. The summed E-state index contributed by atoms with van der Waals surface area (Å²) in [5.41, 5.74) is 0. The van der Waals surface area contributed by atoms with Crippen molar-refractivity contribution in [3.63, 3.8) is 0 Å². The fourth-order valence-electron chi connectivity index (χ4n) is 0.934. The molecule has 0 aliphatic carbocycles. The van der Waals surface area contributed by atoms with Gasteiger partial charge in [-0.1, -0.05) is 13.3 Å². The molecule has 0 rings (SSSR count). The number of aliphatic hydroxyl groups excluding tert-OH is 1. The molecule has 0 aliphatic rings. The van der Waals surface area contributed by atoms with Gasteiger partial charge in [0.2, 0.25) is 11.8 Å². The van der Waals surface area contributed by atoms with E-state index < -0.39 is 6.10 Å². The molecule has 1 atom stereocenters. The summed E-state index contributed by atoms with van der Waals surface area (Å²) >= 11 is 0. The first kappa shape index (κ1) is 12.9. The van der Waals surface area contributed by atoms with Crippen LogP contribution in [0, 0.1) is 0 Å². The van der Waals surface area contributed by atoms with Crippen LogP contribution < -0.4 is 10.6 Å². The average Bonchev–Trinajstić information content (AvgIpc) is 2.12. The van der Waals surface area contributed by atoms with Gasteiger partial charge >= 0.3 is 0 Å². The predicted octanol–water partition coefficient (Wildman–Crippen LogP) is -0.600. The van der Waals surface area contributed by atoms with Crippen molar-refractivity contribution < 1.29 is 14.7 Å². The lowest BCUT2D eigenvalue weighted by Gasteiger charge is -2.10. The van der Waals surface area contributed by atoms with Gasteiger partial charge in [-0.15, -0.1) is 0 Å². The Hall–Kier alpha value is -1.10. The van der Waals surface area contributed by atoms with Gasteiger partial charge in [0.1, 0.15) is 0 Å². The number of nitrogens with one attached hydrogen (secondary N) is 2. The van der Waals surface area contributed by atoms with Crippen LogP contribution in [0.15, 0.2) is 0 Å². The molecule has 0 heterocycles. The Kier molecular flexibility index (Phi) is 6.74. The van der Waals surface area contributed by atoms with E-state index in [4.69, 9.17) is 0 Å². The Morgan fingerprint density at radius 1 is 1.36 bits per heavy atom. The van der Waals surface area contributed by atoms with Crippen molar-refractivity contribution >= 4 is 11.8 Å². The average molecular weight is 202 g/mol. The lowest BCUT2D eigenvalue weighted by Crippen LogP contribution is -2.39. The maximum absolute atomic E-state index is 11.0. The number of carbonyl (C=O) groups is 2. The Balaban J connectivity index is 3.48. The van der Waals surface area contributed by atoms with Crippen molar-refractivity contribution in [3.05, 3.63) is 0 Å².